The minimum Gasteiger partial charge on any atom is -0.390 e. The second-order valence-corrected chi connectivity index (χ2v) is 11.6. The molecule has 2 aliphatic rings. The summed E-state index contributed by atoms with van der Waals surface area (Å²) in [5.41, 5.74) is 2.85. The van der Waals surface area contributed by atoms with E-state index in [4.69, 9.17) is 0 Å². The van der Waals surface area contributed by atoms with Crippen molar-refractivity contribution in [1.29, 1.82) is 0 Å². The smallest absolute Gasteiger partial charge is 0.251 e. The van der Waals surface area contributed by atoms with Crippen LogP contribution in [0.4, 0.5) is 11.4 Å². The summed E-state index contributed by atoms with van der Waals surface area (Å²) in [6, 6.07) is 14.3. The molecule has 9 heteroatoms. The average molecular weight is 578 g/mol. The molecule has 2 aromatic carbocycles. The molecule has 2 aromatic rings. The van der Waals surface area contributed by atoms with E-state index in [1.807, 2.05) is 43.3 Å². The van der Waals surface area contributed by atoms with Crippen molar-refractivity contribution in [2.75, 3.05) is 29.9 Å². The molecule has 0 bridgehead atoms. The van der Waals surface area contributed by atoms with E-state index in [9.17, 15) is 19.5 Å². The van der Waals surface area contributed by atoms with Gasteiger partial charge in [-0.2, -0.15) is 0 Å². The Morgan fingerprint density at radius 1 is 1.02 bits per heavy atom. The summed E-state index contributed by atoms with van der Waals surface area (Å²) >= 11 is 0. The zero-order chi connectivity index (χ0) is 29.9. The van der Waals surface area contributed by atoms with E-state index in [1.165, 1.54) is 6.42 Å². The Morgan fingerprint density at radius 3 is 2.50 bits per heavy atom. The number of hydrogen-bond donors (Lipinski definition) is 5. The van der Waals surface area contributed by atoms with Crippen LogP contribution < -0.4 is 26.2 Å². The maximum absolute atomic E-state index is 13.7. The molecule has 1 heterocycles. The van der Waals surface area contributed by atoms with Gasteiger partial charge in [-0.05, 0) is 69.7 Å². The lowest BCUT2D eigenvalue weighted by Crippen LogP contribution is -2.53. The lowest BCUT2D eigenvalue weighted by Gasteiger charge is -2.29. The number of amides is 3. The summed E-state index contributed by atoms with van der Waals surface area (Å²) in [6.45, 7) is 5.22. The summed E-state index contributed by atoms with van der Waals surface area (Å²) < 4.78 is 0. The Balaban J connectivity index is 1.46. The highest BCUT2D eigenvalue weighted by Crippen LogP contribution is 2.26. The summed E-state index contributed by atoms with van der Waals surface area (Å²) in [5.74, 6) is -0.340. The maximum atomic E-state index is 13.7. The van der Waals surface area contributed by atoms with E-state index in [0.29, 0.717) is 37.2 Å². The molecule has 2 fully saturated rings. The first kappa shape index (κ1) is 31.5. The Morgan fingerprint density at radius 2 is 1.79 bits per heavy atom. The van der Waals surface area contributed by atoms with Crippen LogP contribution >= 0.6 is 0 Å². The van der Waals surface area contributed by atoms with E-state index in [2.05, 4.69) is 21.3 Å². The third-order valence-electron chi connectivity index (χ3n) is 8.25. The quantitative estimate of drug-likeness (QED) is 0.247. The van der Waals surface area contributed by atoms with E-state index in [-0.39, 0.29) is 30.3 Å². The largest absolute Gasteiger partial charge is 0.390 e. The number of hydrogen-bond acceptors (Lipinski definition) is 6. The molecule has 1 saturated heterocycles. The second-order valence-electron chi connectivity index (χ2n) is 11.6. The molecule has 3 amide bonds. The molecule has 3 atom stereocenters. The first-order chi connectivity index (χ1) is 20.3. The standard InChI is InChI=1S/C33H47N5O4/c1-3-34-27-19-25(20-28(21-27)38-17-11-10-16-31(38)40)33(42)37-29(18-24-12-6-4-7-13-24)30(39)22-35-23(2)32(41)36-26-14-8-5-9-15-26/h4,6-7,12-13,19-21,23,26,29-30,34-35,39H,3,5,8-11,14-18,22H2,1-2H3,(H,36,41)(H,37,42)/t23-,29-,30+/m0/s1. The minimum atomic E-state index is -0.945. The van der Waals surface area contributed by atoms with Gasteiger partial charge in [-0.25, -0.2) is 0 Å². The van der Waals surface area contributed by atoms with Gasteiger partial charge >= 0.3 is 0 Å². The molecular formula is C33H47N5O4. The molecule has 0 radical (unpaired) electrons. The molecule has 1 aliphatic carbocycles. The average Bonchev–Trinajstić information content (AvgIpc) is 3.00. The number of carbonyl (C=O) groups excluding carboxylic acids is 3. The number of aliphatic hydroxyl groups excluding tert-OH is 1. The predicted molar refractivity (Wildman–Crippen MR) is 167 cm³/mol. The van der Waals surface area contributed by atoms with Gasteiger partial charge < -0.3 is 31.3 Å². The normalized spacial score (nSPS) is 18.2. The van der Waals surface area contributed by atoms with E-state index >= 15 is 0 Å². The molecule has 228 valence electrons. The van der Waals surface area contributed by atoms with Gasteiger partial charge in [0.05, 0.1) is 18.2 Å². The third kappa shape index (κ3) is 9.03. The molecular weight excluding hydrogens is 530 g/mol. The number of rotatable bonds is 13. The second kappa shape index (κ2) is 15.7. The first-order valence-corrected chi connectivity index (χ1v) is 15.6. The van der Waals surface area contributed by atoms with Crippen molar-refractivity contribution in [3.8, 4) is 0 Å². The molecule has 4 rings (SSSR count). The fourth-order valence-corrected chi connectivity index (χ4v) is 5.79. The molecule has 0 unspecified atom stereocenters. The highest BCUT2D eigenvalue weighted by atomic mass is 16.3. The van der Waals surface area contributed by atoms with Crippen molar-refractivity contribution in [3.63, 3.8) is 0 Å². The number of carbonyl (C=O) groups is 3. The molecule has 1 aliphatic heterocycles. The van der Waals surface area contributed by atoms with Crippen LogP contribution in [0.25, 0.3) is 0 Å². The van der Waals surface area contributed by atoms with Gasteiger partial charge in [-0.1, -0.05) is 49.6 Å². The van der Waals surface area contributed by atoms with Crippen LogP contribution in [0.15, 0.2) is 48.5 Å². The molecule has 1 saturated carbocycles. The van der Waals surface area contributed by atoms with E-state index in [1.54, 1.807) is 24.0 Å². The van der Waals surface area contributed by atoms with Crippen LogP contribution in [-0.2, 0) is 16.0 Å². The Kier molecular flexibility index (Phi) is 11.8. The first-order valence-electron chi connectivity index (χ1n) is 15.6. The van der Waals surface area contributed by atoms with Crippen LogP contribution in [0, 0.1) is 0 Å². The number of benzene rings is 2. The van der Waals surface area contributed by atoms with Crippen LogP contribution in [0.1, 0.15) is 81.1 Å². The fourth-order valence-electron chi connectivity index (χ4n) is 5.79. The van der Waals surface area contributed by atoms with Crippen molar-refractivity contribution in [2.45, 2.75) is 95.9 Å². The van der Waals surface area contributed by atoms with Crippen molar-refractivity contribution in [3.05, 3.63) is 59.7 Å². The topological polar surface area (TPSA) is 123 Å². The van der Waals surface area contributed by atoms with Crippen molar-refractivity contribution < 1.29 is 19.5 Å². The number of nitrogens with zero attached hydrogens (tertiary/aromatic N) is 1. The van der Waals surface area contributed by atoms with Crippen molar-refractivity contribution in [2.24, 2.45) is 0 Å². The third-order valence-corrected chi connectivity index (χ3v) is 8.25. The van der Waals surface area contributed by atoms with Gasteiger partial charge in [0, 0.05) is 49.0 Å². The lowest BCUT2D eigenvalue weighted by atomic mass is 9.95. The summed E-state index contributed by atoms with van der Waals surface area (Å²) in [4.78, 5) is 40.8. The molecule has 0 aromatic heterocycles. The number of piperidine rings is 1. The zero-order valence-corrected chi connectivity index (χ0v) is 25.0. The Hall–Kier alpha value is -3.43. The van der Waals surface area contributed by atoms with Crippen LogP contribution in [0.3, 0.4) is 0 Å². The molecule has 42 heavy (non-hydrogen) atoms. The van der Waals surface area contributed by atoms with Crippen LogP contribution in [0.5, 0.6) is 0 Å². The highest BCUT2D eigenvalue weighted by molar-refractivity contribution is 6.00. The van der Waals surface area contributed by atoms with Gasteiger partial charge in [-0.15, -0.1) is 0 Å². The monoisotopic (exact) mass is 577 g/mol. The SMILES string of the molecule is CCNc1cc(C(=O)N[C@@H](Cc2ccccc2)[C@H](O)CN[C@@H](C)C(=O)NC2CCCCC2)cc(N2CCCCC2=O)c1. The van der Waals surface area contributed by atoms with Gasteiger partial charge in [0.2, 0.25) is 11.8 Å². The van der Waals surface area contributed by atoms with Crippen molar-refractivity contribution in [1.82, 2.24) is 16.0 Å². The number of nitrogens with one attached hydrogen (secondary N) is 4. The van der Waals surface area contributed by atoms with E-state index in [0.717, 1.165) is 49.8 Å². The summed E-state index contributed by atoms with van der Waals surface area (Å²) in [5, 5.41) is 23.9. The van der Waals surface area contributed by atoms with E-state index < -0.39 is 18.2 Å². The molecule has 9 nitrogen and oxygen atoms in total. The zero-order valence-electron chi connectivity index (χ0n) is 25.0. The highest BCUT2D eigenvalue weighted by Gasteiger charge is 2.26. The van der Waals surface area contributed by atoms with Crippen LogP contribution in [0.2, 0.25) is 0 Å². The number of aliphatic hydroxyl groups is 1. The van der Waals surface area contributed by atoms with Gasteiger partial charge in [0.1, 0.15) is 0 Å². The maximum Gasteiger partial charge on any atom is 0.251 e. The van der Waals surface area contributed by atoms with Crippen LogP contribution in [-0.4, -0.2) is 66.7 Å². The van der Waals surface area contributed by atoms with Crippen molar-refractivity contribution >= 4 is 29.1 Å². The molecule has 5 N–H and O–H groups in total. The lowest BCUT2D eigenvalue weighted by molar-refractivity contribution is -0.123. The molecule has 0 spiro atoms. The van der Waals surface area contributed by atoms with Gasteiger partial charge in [-0.3, -0.25) is 14.4 Å². The van der Waals surface area contributed by atoms with Gasteiger partial charge in [0.15, 0.2) is 0 Å². The van der Waals surface area contributed by atoms with Gasteiger partial charge in [0.25, 0.3) is 5.91 Å². The fraction of sp³-hybridized carbons (Fsp3) is 0.545. The summed E-state index contributed by atoms with van der Waals surface area (Å²) in [7, 11) is 0. The summed E-state index contributed by atoms with van der Waals surface area (Å²) in [6.07, 6.45) is 7.29. The Labute approximate surface area is 249 Å². The number of anilines is 2. The Bertz CT molecular complexity index is 1180. The minimum absolute atomic E-state index is 0.0614. The predicted octanol–water partition coefficient (Wildman–Crippen LogP) is 3.76.